The highest BCUT2D eigenvalue weighted by Gasteiger charge is 2.64. The van der Waals surface area contributed by atoms with Gasteiger partial charge in [-0.25, -0.2) is 4.79 Å². The van der Waals surface area contributed by atoms with E-state index in [0.717, 1.165) is 16.8 Å². The van der Waals surface area contributed by atoms with Gasteiger partial charge in [0.1, 0.15) is 5.69 Å². The number of H-pyrrole nitrogens is 1. The number of nitrogens with one attached hydrogen (secondary N) is 1. The molecule has 4 aromatic rings. The molecule has 1 fully saturated rings. The smallest absolute Gasteiger partial charge is 0.332 e. The van der Waals surface area contributed by atoms with Gasteiger partial charge in [-0.1, -0.05) is 48.5 Å². The number of aromatic amines is 1. The van der Waals surface area contributed by atoms with Gasteiger partial charge in [0.25, 0.3) is 11.8 Å². The number of nitrogens with zero attached hydrogens (tertiary/aromatic N) is 3. The third-order valence-electron chi connectivity index (χ3n) is 9.60. The van der Waals surface area contributed by atoms with Crippen LogP contribution in [0.2, 0.25) is 0 Å². The van der Waals surface area contributed by atoms with Gasteiger partial charge in [0.15, 0.2) is 11.0 Å². The topological polar surface area (TPSA) is 125 Å². The summed E-state index contributed by atoms with van der Waals surface area (Å²) in [6, 6.07) is 20.3. The summed E-state index contributed by atoms with van der Waals surface area (Å²) in [6.07, 6.45) is 2.26. The first kappa shape index (κ1) is 31.0. The van der Waals surface area contributed by atoms with E-state index in [1.165, 1.54) is 12.0 Å². The number of methoxy groups -OCH3 is 1. The minimum absolute atomic E-state index is 0.0627. The molecule has 238 valence electrons. The van der Waals surface area contributed by atoms with Crippen molar-refractivity contribution < 1.29 is 24.2 Å². The average Bonchev–Trinajstić information content (AvgIpc) is 3.70. The number of ether oxygens (including phenoxy) is 1. The first-order valence-corrected chi connectivity index (χ1v) is 15.4. The number of hydrogen-bond donors (Lipinski definition) is 2. The quantitative estimate of drug-likeness (QED) is 0.291. The minimum atomic E-state index is -1.40. The molecule has 0 unspecified atom stereocenters. The highest BCUT2D eigenvalue weighted by Crippen LogP contribution is 2.55. The van der Waals surface area contributed by atoms with Crippen molar-refractivity contribution in [2.45, 2.75) is 44.4 Å². The lowest BCUT2D eigenvalue weighted by Gasteiger charge is -2.40. The van der Waals surface area contributed by atoms with Crippen LogP contribution in [0.1, 0.15) is 60.4 Å². The van der Waals surface area contributed by atoms with Crippen molar-refractivity contribution in [3.63, 3.8) is 0 Å². The number of hydrogen-bond acceptors (Lipinski definition) is 6. The molecule has 1 aliphatic carbocycles. The largest absolute Gasteiger partial charge is 0.467 e. The monoisotopic (exact) mass is 622 g/mol. The molecular weight excluding hydrogens is 584 g/mol. The number of likely N-dealkylation sites (tertiary alicyclic amines) is 1. The number of amides is 2. The van der Waals surface area contributed by atoms with Crippen LogP contribution in [0.25, 0.3) is 0 Å². The van der Waals surface area contributed by atoms with Gasteiger partial charge in [-0.05, 0) is 48.6 Å². The maximum absolute atomic E-state index is 14.3. The van der Waals surface area contributed by atoms with E-state index in [-0.39, 0.29) is 42.7 Å². The highest BCUT2D eigenvalue weighted by molar-refractivity contribution is 6.00. The Balaban J connectivity index is 1.56. The normalized spacial score (nSPS) is 19.9. The molecule has 2 aromatic heterocycles. The second-order valence-electron chi connectivity index (χ2n) is 12.4. The zero-order valence-corrected chi connectivity index (χ0v) is 26.4. The van der Waals surface area contributed by atoms with Gasteiger partial charge in [-0.15, -0.1) is 0 Å². The van der Waals surface area contributed by atoms with Gasteiger partial charge >= 0.3 is 5.97 Å². The molecule has 2 aliphatic rings. The van der Waals surface area contributed by atoms with Crippen molar-refractivity contribution in [2.75, 3.05) is 27.7 Å². The molecule has 10 nitrogen and oxygen atoms in total. The van der Waals surface area contributed by atoms with Gasteiger partial charge in [-0.2, -0.15) is 0 Å². The molecule has 10 heteroatoms. The Labute approximate surface area is 267 Å². The fourth-order valence-electron chi connectivity index (χ4n) is 7.49. The third kappa shape index (κ3) is 4.93. The van der Waals surface area contributed by atoms with Gasteiger partial charge in [0.05, 0.1) is 20.3 Å². The molecule has 6 rings (SSSR count). The number of carbonyl (C=O) groups excluding carboxylic acids is 3. The fraction of sp³-hybridized carbons (Fsp3) is 0.333. The number of aromatic nitrogens is 2. The molecule has 0 spiro atoms. The Hall–Kier alpha value is -4.96. The molecule has 2 amide bonds. The van der Waals surface area contributed by atoms with Crippen LogP contribution < -0.4 is 5.43 Å². The molecule has 2 N–H and O–H groups in total. The highest BCUT2D eigenvalue weighted by atomic mass is 16.5. The number of rotatable bonds is 8. The zero-order chi connectivity index (χ0) is 32.7. The van der Waals surface area contributed by atoms with E-state index in [1.807, 2.05) is 47.0 Å². The molecule has 1 saturated heterocycles. The van der Waals surface area contributed by atoms with Crippen molar-refractivity contribution in [2.24, 2.45) is 5.92 Å². The first-order valence-electron chi connectivity index (χ1n) is 15.4. The summed E-state index contributed by atoms with van der Waals surface area (Å²) in [5.74, 6) is -1.68. The van der Waals surface area contributed by atoms with Crippen molar-refractivity contribution in [3.05, 3.63) is 128 Å². The fourth-order valence-corrected chi connectivity index (χ4v) is 7.49. The minimum Gasteiger partial charge on any atom is -0.467 e. The van der Waals surface area contributed by atoms with E-state index in [1.54, 1.807) is 56.4 Å². The Morgan fingerprint density at radius 3 is 2.37 bits per heavy atom. The predicted octanol–water partition coefficient (Wildman–Crippen LogP) is 3.29. The van der Waals surface area contributed by atoms with E-state index < -0.39 is 17.4 Å². The van der Waals surface area contributed by atoms with Crippen LogP contribution in [-0.2, 0) is 35.5 Å². The second-order valence-corrected chi connectivity index (χ2v) is 12.4. The lowest BCUT2D eigenvalue weighted by molar-refractivity contribution is -0.153. The van der Waals surface area contributed by atoms with Crippen LogP contribution in [0.5, 0.6) is 0 Å². The molecule has 1 aliphatic heterocycles. The lowest BCUT2D eigenvalue weighted by atomic mass is 9.75. The van der Waals surface area contributed by atoms with Crippen LogP contribution in [0.15, 0.2) is 77.7 Å². The third-order valence-corrected chi connectivity index (χ3v) is 9.60. The Morgan fingerprint density at radius 2 is 1.74 bits per heavy atom. The van der Waals surface area contributed by atoms with Gasteiger partial charge in [-0.3, -0.25) is 14.4 Å². The molecule has 0 saturated carbocycles. The summed E-state index contributed by atoms with van der Waals surface area (Å²) < 4.78 is 7.39. The molecule has 46 heavy (non-hydrogen) atoms. The SMILES string of the molecule is COC(=O)[C@@]1(Cc2ccccc2)[C@H]2c3cc(C(=O)N(C)C)n(Cc4c(CO)[nH]cc(C)c4=O)c3C[C@H]2CN1C(=O)c1ccccc1. The predicted molar refractivity (Wildman–Crippen MR) is 172 cm³/mol. The number of aryl methyl sites for hydroxylation is 1. The van der Waals surface area contributed by atoms with Crippen LogP contribution in [0.4, 0.5) is 0 Å². The van der Waals surface area contributed by atoms with E-state index >= 15 is 0 Å². The molecule has 0 bridgehead atoms. The molecule has 0 radical (unpaired) electrons. The summed E-state index contributed by atoms with van der Waals surface area (Å²) in [5.41, 5.74) is 2.96. The number of aliphatic hydroxyl groups is 1. The van der Waals surface area contributed by atoms with Crippen LogP contribution in [-0.4, -0.2) is 75.5 Å². The molecule has 3 heterocycles. The van der Waals surface area contributed by atoms with E-state index in [4.69, 9.17) is 4.74 Å². The number of pyridine rings is 1. The molecule has 2 aromatic carbocycles. The second kappa shape index (κ2) is 12.1. The van der Waals surface area contributed by atoms with Crippen LogP contribution >= 0.6 is 0 Å². The van der Waals surface area contributed by atoms with Gasteiger partial charge in [0.2, 0.25) is 0 Å². The first-order chi connectivity index (χ1) is 22.1. The van der Waals surface area contributed by atoms with E-state index in [0.29, 0.717) is 41.0 Å². The Bertz CT molecular complexity index is 1860. The number of fused-ring (bicyclic) bond motifs is 3. The number of benzene rings is 2. The summed E-state index contributed by atoms with van der Waals surface area (Å²) >= 11 is 0. The van der Waals surface area contributed by atoms with Crippen molar-refractivity contribution in [1.29, 1.82) is 0 Å². The summed E-state index contributed by atoms with van der Waals surface area (Å²) in [4.78, 5) is 61.7. The van der Waals surface area contributed by atoms with Crippen molar-refractivity contribution in [3.8, 4) is 0 Å². The molecule has 3 atom stereocenters. The lowest BCUT2D eigenvalue weighted by Crippen LogP contribution is -2.58. The maximum Gasteiger partial charge on any atom is 0.332 e. The van der Waals surface area contributed by atoms with Crippen LogP contribution in [0.3, 0.4) is 0 Å². The van der Waals surface area contributed by atoms with Crippen molar-refractivity contribution >= 4 is 17.8 Å². The molecular formula is C36H38N4O6. The summed E-state index contributed by atoms with van der Waals surface area (Å²) in [7, 11) is 4.67. The number of carbonyl (C=O) groups is 3. The van der Waals surface area contributed by atoms with Crippen LogP contribution in [0, 0.1) is 12.8 Å². The number of esters is 1. The maximum atomic E-state index is 14.3. The summed E-state index contributed by atoms with van der Waals surface area (Å²) in [6.45, 7) is 1.70. The van der Waals surface area contributed by atoms with E-state index in [9.17, 15) is 24.3 Å². The average molecular weight is 623 g/mol. The summed E-state index contributed by atoms with van der Waals surface area (Å²) in [5, 5.41) is 10.1. The Morgan fingerprint density at radius 1 is 1.07 bits per heavy atom. The van der Waals surface area contributed by atoms with E-state index in [2.05, 4.69) is 4.98 Å². The van der Waals surface area contributed by atoms with Crippen molar-refractivity contribution in [1.82, 2.24) is 19.4 Å². The zero-order valence-electron chi connectivity index (χ0n) is 26.4. The number of aliphatic hydroxyl groups excluding tert-OH is 1. The Kier molecular flexibility index (Phi) is 8.16. The van der Waals surface area contributed by atoms with Gasteiger partial charge < -0.3 is 29.2 Å². The van der Waals surface area contributed by atoms with Gasteiger partial charge in [0, 0.05) is 67.3 Å². The standard InChI is InChI=1S/C36H38N4O6/c1-22-18-37-28(21-41)27(32(22)42)20-39-29-15-25-19-40(33(43)24-13-9-6-10-14-24)36(35(45)46-4,17-23-11-7-5-8-12-23)31(25)26(29)16-30(39)34(44)38(2)3/h5-14,16,18,25,31,41H,15,17,19-21H2,1-4H3,(H,37,42)/t25-,31+,36+/m0/s1.